The number of aliphatic hydroxyl groups is 1. The Kier molecular flexibility index (Phi) is 3.68. The molecule has 1 spiro atoms. The third-order valence-corrected chi connectivity index (χ3v) is 6.90. The molecule has 3 fully saturated rings. The molecule has 1 amide bonds. The van der Waals surface area contributed by atoms with Crippen LogP contribution in [0.2, 0.25) is 0 Å². The molecule has 2 saturated heterocycles. The van der Waals surface area contributed by atoms with E-state index in [-0.39, 0.29) is 30.3 Å². The zero-order chi connectivity index (χ0) is 18.8. The number of amides is 1. The number of carbonyl (C=O) groups excluding carboxylic acids is 2. The summed E-state index contributed by atoms with van der Waals surface area (Å²) in [6.45, 7) is 1.50. The highest BCUT2D eigenvalue weighted by Crippen LogP contribution is 2.58. The van der Waals surface area contributed by atoms with Crippen LogP contribution in [0.5, 0.6) is 0 Å². The summed E-state index contributed by atoms with van der Waals surface area (Å²) >= 11 is 0. The van der Waals surface area contributed by atoms with Crippen molar-refractivity contribution in [3.8, 4) is 0 Å². The molecule has 0 unspecified atom stereocenters. The Hall–Kier alpha value is -2.24. The lowest BCUT2D eigenvalue weighted by atomic mass is 9.59. The second-order valence-electron chi connectivity index (χ2n) is 8.19. The van der Waals surface area contributed by atoms with E-state index in [1.165, 1.54) is 5.57 Å². The van der Waals surface area contributed by atoms with Crippen LogP contribution in [0.25, 0.3) is 0 Å². The minimum absolute atomic E-state index is 0.0202. The Bertz CT molecular complexity index is 903. The van der Waals surface area contributed by atoms with Crippen LogP contribution in [0, 0.1) is 5.92 Å². The van der Waals surface area contributed by atoms with Gasteiger partial charge in [0.1, 0.15) is 5.78 Å². The van der Waals surface area contributed by atoms with E-state index in [0.717, 1.165) is 29.9 Å². The lowest BCUT2D eigenvalue weighted by molar-refractivity contribution is -0.127. The average Bonchev–Trinajstić information content (AvgIpc) is 3.00. The molecule has 5 aliphatic rings. The second-order valence-corrected chi connectivity index (χ2v) is 8.19. The maximum absolute atomic E-state index is 13.7. The van der Waals surface area contributed by atoms with E-state index in [0.29, 0.717) is 19.3 Å². The molecule has 3 atom stereocenters. The van der Waals surface area contributed by atoms with E-state index in [2.05, 4.69) is 18.0 Å². The molecule has 1 aromatic carbocycles. The van der Waals surface area contributed by atoms with Crippen LogP contribution in [0.15, 0.2) is 47.6 Å². The van der Waals surface area contributed by atoms with E-state index in [9.17, 15) is 14.7 Å². The normalized spacial score (nSPS) is 34.1. The van der Waals surface area contributed by atoms with Crippen LogP contribution in [0.3, 0.4) is 0 Å². The molecule has 4 aliphatic heterocycles. The molecule has 140 valence electrons. The highest BCUT2D eigenvalue weighted by atomic mass is 16.2. The van der Waals surface area contributed by atoms with Gasteiger partial charge in [-0.15, -0.1) is 0 Å². The van der Waals surface area contributed by atoms with Crippen molar-refractivity contribution in [1.29, 1.82) is 0 Å². The van der Waals surface area contributed by atoms with E-state index in [1.54, 1.807) is 0 Å². The van der Waals surface area contributed by atoms with Crippen molar-refractivity contribution in [1.82, 2.24) is 4.90 Å². The summed E-state index contributed by atoms with van der Waals surface area (Å²) < 4.78 is 0. The molecule has 1 N–H and O–H groups in total. The van der Waals surface area contributed by atoms with Gasteiger partial charge in [0.15, 0.2) is 0 Å². The van der Waals surface area contributed by atoms with E-state index in [4.69, 9.17) is 0 Å². The van der Waals surface area contributed by atoms with E-state index in [1.807, 2.05) is 35.2 Å². The third-order valence-electron chi connectivity index (χ3n) is 6.90. The highest BCUT2D eigenvalue weighted by molar-refractivity contribution is 6.08. The van der Waals surface area contributed by atoms with Crippen LogP contribution in [0.4, 0.5) is 5.69 Å². The number of benzene rings is 1. The second kappa shape index (κ2) is 5.88. The first-order valence-corrected chi connectivity index (χ1v) is 9.71. The largest absolute Gasteiger partial charge is 0.392 e. The number of carbonyl (C=O) groups is 2. The number of aliphatic hydroxyl groups excluding tert-OH is 1. The van der Waals surface area contributed by atoms with Gasteiger partial charge in [-0.3, -0.25) is 9.59 Å². The van der Waals surface area contributed by atoms with Gasteiger partial charge in [-0.25, -0.2) is 0 Å². The minimum atomic E-state index is -0.641. The van der Waals surface area contributed by atoms with Crippen molar-refractivity contribution in [2.75, 3.05) is 31.6 Å². The Labute approximate surface area is 159 Å². The third kappa shape index (κ3) is 2.13. The predicted octanol–water partition coefficient (Wildman–Crippen LogP) is 1.81. The Balaban J connectivity index is 1.79. The van der Waals surface area contributed by atoms with Crippen LogP contribution < -0.4 is 4.90 Å². The van der Waals surface area contributed by atoms with Crippen LogP contribution in [-0.2, 0) is 15.0 Å². The molecule has 6 rings (SSSR count). The topological polar surface area (TPSA) is 60.9 Å². The number of rotatable bonds is 1. The summed E-state index contributed by atoms with van der Waals surface area (Å²) in [6, 6.07) is 7.74. The molecule has 4 heterocycles. The fourth-order valence-corrected chi connectivity index (χ4v) is 5.76. The zero-order valence-corrected chi connectivity index (χ0v) is 15.5. The number of para-hydroxylation sites is 1. The summed E-state index contributed by atoms with van der Waals surface area (Å²) in [5.74, 6) is 0.290. The minimum Gasteiger partial charge on any atom is -0.392 e. The molecule has 2 bridgehead atoms. The molecule has 5 nitrogen and oxygen atoms in total. The first kappa shape index (κ1) is 16.9. The smallest absolute Gasteiger partial charge is 0.231 e. The van der Waals surface area contributed by atoms with Gasteiger partial charge < -0.3 is 14.9 Å². The average molecular weight is 364 g/mol. The van der Waals surface area contributed by atoms with Crippen molar-refractivity contribution < 1.29 is 14.7 Å². The van der Waals surface area contributed by atoms with Crippen molar-refractivity contribution in [3.63, 3.8) is 0 Å². The first-order valence-electron chi connectivity index (χ1n) is 9.71. The van der Waals surface area contributed by atoms with Crippen molar-refractivity contribution in [2.24, 2.45) is 5.92 Å². The van der Waals surface area contributed by atoms with Gasteiger partial charge in [0.25, 0.3) is 0 Å². The van der Waals surface area contributed by atoms with Crippen molar-refractivity contribution in [2.45, 2.75) is 30.7 Å². The van der Waals surface area contributed by atoms with Gasteiger partial charge in [0.2, 0.25) is 5.91 Å². The predicted molar refractivity (Wildman–Crippen MR) is 102 cm³/mol. The van der Waals surface area contributed by atoms with Crippen molar-refractivity contribution >= 4 is 17.4 Å². The summed E-state index contributed by atoms with van der Waals surface area (Å²) in [5, 5.41) is 9.56. The van der Waals surface area contributed by atoms with Crippen molar-refractivity contribution in [3.05, 3.63) is 53.1 Å². The van der Waals surface area contributed by atoms with Crippen LogP contribution in [-0.4, -0.2) is 54.5 Å². The summed E-state index contributed by atoms with van der Waals surface area (Å²) in [5.41, 5.74) is 3.57. The number of Topliss-reactive ketones (excluding diaryl/α,β-unsaturated/α-hetero) is 1. The molecule has 0 aromatic heterocycles. The van der Waals surface area contributed by atoms with Gasteiger partial charge in [0, 0.05) is 31.0 Å². The van der Waals surface area contributed by atoms with Gasteiger partial charge in [-0.1, -0.05) is 35.9 Å². The summed E-state index contributed by atoms with van der Waals surface area (Å²) in [6.07, 6.45) is 5.47. The van der Waals surface area contributed by atoms with Gasteiger partial charge in [0.05, 0.1) is 18.1 Å². The molecule has 1 aliphatic carbocycles. The number of hydrogen-bond donors (Lipinski definition) is 1. The number of hydrogen-bond acceptors (Lipinski definition) is 4. The molecular formula is C22H24N2O3. The molecule has 5 heteroatoms. The number of ketones is 1. The molecule has 1 aromatic rings. The van der Waals surface area contributed by atoms with Crippen LogP contribution in [0.1, 0.15) is 24.8 Å². The SMILES string of the molecule is CN1CC[C@]23C(=O)C[C@@H](C(=CCO)C1)C1=CCC(=O)N(c4ccccc42)[C@@H]13. The summed E-state index contributed by atoms with van der Waals surface area (Å²) in [4.78, 5) is 30.7. The molecular weight excluding hydrogens is 340 g/mol. The Morgan fingerprint density at radius 1 is 1.30 bits per heavy atom. The fraction of sp³-hybridized carbons (Fsp3) is 0.455. The summed E-state index contributed by atoms with van der Waals surface area (Å²) in [7, 11) is 2.07. The Morgan fingerprint density at radius 3 is 2.93 bits per heavy atom. The maximum Gasteiger partial charge on any atom is 0.231 e. The first-order chi connectivity index (χ1) is 13.1. The molecule has 1 saturated carbocycles. The number of likely N-dealkylation sites (N-methyl/N-ethyl adjacent to an activating group) is 1. The lowest BCUT2D eigenvalue weighted by Gasteiger charge is -2.47. The van der Waals surface area contributed by atoms with E-state index >= 15 is 0 Å². The number of nitrogens with zero attached hydrogens (tertiary/aromatic N) is 2. The highest BCUT2D eigenvalue weighted by Gasteiger charge is 2.62. The van der Waals surface area contributed by atoms with Gasteiger partial charge in [-0.2, -0.15) is 0 Å². The van der Waals surface area contributed by atoms with E-state index < -0.39 is 5.41 Å². The van der Waals surface area contributed by atoms with Gasteiger partial charge in [-0.05, 0) is 37.2 Å². The quantitative estimate of drug-likeness (QED) is 0.772. The lowest BCUT2D eigenvalue weighted by Crippen LogP contribution is -2.58. The number of fused-ring (bicyclic) bond motifs is 7. The maximum atomic E-state index is 13.7. The number of anilines is 1. The Morgan fingerprint density at radius 2 is 2.11 bits per heavy atom. The van der Waals surface area contributed by atoms with Gasteiger partial charge >= 0.3 is 0 Å². The fourth-order valence-electron chi connectivity index (χ4n) is 5.76. The van der Waals surface area contributed by atoms with Crippen LogP contribution >= 0.6 is 0 Å². The molecule has 27 heavy (non-hydrogen) atoms. The standard InChI is InChI=1S/C22H24N2O3/c1-23-10-9-22-17-4-2-3-5-18(17)24-20(27)7-6-15(21(22)24)16(12-19(22)26)14(13-23)8-11-25/h2-6,8,16,21,25H,7,9-13H2,1H3/t16-,21-,22+/m0/s1. The zero-order valence-electron chi connectivity index (χ0n) is 15.5. The molecule has 0 radical (unpaired) electrons. The monoisotopic (exact) mass is 364 g/mol.